The quantitative estimate of drug-likeness (QED) is 0.153. The number of nitrogens with zero attached hydrogens (tertiary/aromatic N) is 3. The molecule has 1 fully saturated rings. The highest BCUT2D eigenvalue weighted by Gasteiger charge is 2.51. The van der Waals surface area contributed by atoms with E-state index in [4.69, 9.17) is 31.2 Å². The zero-order valence-corrected chi connectivity index (χ0v) is 23.3. The van der Waals surface area contributed by atoms with E-state index in [1.807, 2.05) is 0 Å². The molecule has 0 spiro atoms. The van der Waals surface area contributed by atoms with Gasteiger partial charge in [0.1, 0.15) is 23.9 Å². The molecule has 1 N–H and O–H groups in total. The van der Waals surface area contributed by atoms with Crippen LogP contribution in [-0.4, -0.2) is 62.3 Å². The number of hydrogen-bond donors (Lipinski definition) is 1. The van der Waals surface area contributed by atoms with Crippen molar-refractivity contribution in [1.29, 1.82) is 0 Å². The third-order valence-corrected chi connectivity index (χ3v) is 7.13. The van der Waals surface area contributed by atoms with Crippen molar-refractivity contribution in [2.75, 3.05) is 6.61 Å². The zero-order valence-electron chi connectivity index (χ0n) is 22.4. The van der Waals surface area contributed by atoms with Crippen molar-refractivity contribution in [1.82, 2.24) is 19.5 Å². The topological polar surface area (TPSA) is 135 Å². The van der Waals surface area contributed by atoms with Crippen molar-refractivity contribution < 1.29 is 33.3 Å². The Balaban J connectivity index is 1.37. The lowest BCUT2D eigenvalue weighted by Crippen LogP contribution is -2.41. The lowest BCUT2D eigenvalue weighted by Gasteiger charge is -2.25. The molecule has 0 aliphatic carbocycles. The van der Waals surface area contributed by atoms with Gasteiger partial charge in [-0.05, 0) is 36.4 Å². The Morgan fingerprint density at radius 3 is 1.88 bits per heavy atom. The molecular weight excluding hydrogens is 572 g/mol. The summed E-state index contributed by atoms with van der Waals surface area (Å²) < 4.78 is 25.7. The SMILES string of the molecule is O=C(OC[C@@H]1O[C@H](n2cnc3c(=S)nc[nH]c32)[C@H](OC(=O)c2ccccc2)[C@@H]1OC(=O)c1ccccc1)c1ccccc1. The monoisotopic (exact) mass is 596 g/mol. The molecule has 5 aromatic rings. The van der Waals surface area contributed by atoms with Crippen LogP contribution in [0.15, 0.2) is 104 Å². The van der Waals surface area contributed by atoms with Gasteiger partial charge in [0.05, 0.1) is 29.3 Å². The molecule has 4 atom stereocenters. The molecular formula is C31H24N4O7S. The van der Waals surface area contributed by atoms with Gasteiger partial charge in [0, 0.05) is 0 Å². The van der Waals surface area contributed by atoms with Crippen LogP contribution < -0.4 is 0 Å². The second kappa shape index (κ2) is 12.3. The number of H-pyrrole nitrogens is 1. The molecule has 1 aliphatic heterocycles. The summed E-state index contributed by atoms with van der Waals surface area (Å²) >= 11 is 5.32. The molecule has 0 saturated carbocycles. The van der Waals surface area contributed by atoms with Crippen LogP contribution in [0.3, 0.4) is 0 Å². The number of fused-ring (bicyclic) bond motifs is 1. The summed E-state index contributed by atoms with van der Waals surface area (Å²) in [6.07, 6.45) is -1.58. The van der Waals surface area contributed by atoms with Gasteiger partial charge in [0.15, 0.2) is 23.1 Å². The number of benzene rings is 3. The van der Waals surface area contributed by atoms with Crippen LogP contribution in [0.4, 0.5) is 0 Å². The highest BCUT2D eigenvalue weighted by molar-refractivity contribution is 7.71. The van der Waals surface area contributed by atoms with Gasteiger partial charge in [-0.25, -0.2) is 24.4 Å². The summed E-state index contributed by atoms with van der Waals surface area (Å²) in [5.41, 5.74) is 1.74. The van der Waals surface area contributed by atoms with E-state index in [-0.39, 0.29) is 22.4 Å². The van der Waals surface area contributed by atoms with E-state index >= 15 is 0 Å². The van der Waals surface area contributed by atoms with E-state index < -0.39 is 42.4 Å². The predicted octanol–water partition coefficient (Wildman–Crippen LogP) is 4.69. The summed E-state index contributed by atoms with van der Waals surface area (Å²) in [7, 11) is 0. The highest BCUT2D eigenvalue weighted by Crippen LogP contribution is 2.36. The Bertz CT molecular complexity index is 1810. The third-order valence-electron chi connectivity index (χ3n) is 6.83. The van der Waals surface area contributed by atoms with Gasteiger partial charge >= 0.3 is 17.9 Å². The third kappa shape index (κ3) is 5.92. The Labute approximate surface area is 250 Å². The highest BCUT2D eigenvalue weighted by atomic mass is 32.1. The van der Waals surface area contributed by atoms with Crippen molar-refractivity contribution in [3.8, 4) is 0 Å². The summed E-state index contributed by atoms with van der Waals surface area (Å²) in [4.78, 5) is 50.8. The first-order chi connectivity index (χ1) is 21.0. The molecule has 0 radical (unpaired) electrons. The van der Waals surface area contributed by atoms with Crippen LogP contribution >= 0.6 is 12.2 Å². The van der Waals surface area contributed by atoms with Crippen molar-refractivity contribution in [2.45, 2.75) is 24.5 Å². The average Bonchev–Trinajstić information content (AvgIpc) is 3.63. The van der Waals surface area contributed by atoms with Crippen LogP contribution in [-0.2, 0) is 18.9 Å². The number of aromatic amines is 1. The summed E-state index contributed by atoms with van der Waals surface area (Å²) in [6.45, 7) is -0.305. The number of carbonyl (C=O) groups is 3. The molecule has 43 heavy (non-hydrogen) atoms. The maximum atomic E-state index is 13.3. The minimum Gasteiger partial charge on any atom is -0.459 e. The first-order valence-corrected chi connectivity index (χ1v) is 13.7. The van der Waals surface area contributed by atoms with E-state index in [9.17, 15) is 14.4 Å². The molecule has 0 bridgehead atoms. The van der Waals surface area contributed by atoms with Gasteiger partial charge in [0.25, 0.3) is 0 Å². The number of imidazole rings is 1. The van der Waals surface area contributed by atoms with Gasteiger partial charge in [-0.1, -0.05) is 66.8 Å². The molecule has 2 aromatic heterocycles. The van der Waals surface area contributed by atoms with Crippen molar-refractivity contribution >= 4 is 41.3 Å². The fourth-order valence-corrected chi connectivity index (χ4v) is 4.95. The summed E-state index contributed by atoms with van der Waals surface area (Å²) in [5, 5.41) is 0. The van der Waals surface area contributed by atoms with Crippen LogP contribution in [0.5, 0.6) is 0 Å². The maximum Gasteiger partial charge on any atom is 0.338 e. The Morgan fingerprint density at radius 2 is 1.30 bits per heavy atom. The Hall–Kier alpha value is -5.20. The number of hydrogen-bond acceptors (Lipinski definition) is 10. The summed E-state index contributed by atoms with van der Waals surface area (Å²) in [6, 6.07) is 25.2. The van der Waals surface area contributed by atoms with Crippen molar-refractivity contribution in [3.05, 3.63) is 125 Å². The zero-order chi connectivity index (χ0) is 29.8. The second-order valence-electron chi connectivity index (χ2n) is 9.56. The molecule has 3 heterocycles. The number of ether oxygens (including phenoxy) is 4. The summed E-state index contributed by atoms with van der Waals surface area (Å²) in [5.74, 6) is -1.93. The van der Waals surface area contributed by atoms with Gasteiger partial charge in [-0.15, -0.1) is 0 Å². The largest absolute Gasteiger partial charge is 0.459 e. The fraction of sp³-hybridized carbons (Fsp3) is 0.161. The lowest BCUT2D eigenvalue weighted by molar-refractivity contribution is -0.0606. The van der Waals surface area contributed by atoms with Crippen LogP contribution in [0.1, 0.15) is 37.3 Å². The van der Waals surface area contributed by atoms with Crippen LogP contribution in [0.25, 0.3) is 11.2 Å². The number of aromatic nitrogens is 4. The molecule has 12 heteroatoms. The number of rotatable bonds is 8. The van der Waals surface area contributed by atoms with Crippen molar-refractivity contribution in [3.63, 3.8) is 0 Å². The fourth-order valence-electron chi connectivity index (χ4n) is 4.75. The van der Waals surface area contributed by atoms with E-state index in [2.05, 4.69) is 15.0 Å². The van der Waals surface area contributed by atoms with E-state index in [0.29, 0.717) is 16.7 Å². The minimum absolute atomic E-state index is 0.253. The molecule has 6 rings (SSSR count). The van der Waals surface area contributed by atoms with Gasteiger partial charge in [0.2, 0.25) is 0 Å². The van der Waals surface area contributed by atoms with E-state index in [1.165, 1.54) is 12.7 Å². The molecule has 0 unspecified atom stereocenters. The Kier molecular flexibility index (Phi) is 8.03. The molecule has 1 aliphatic rings. The lowest BCUT2D eigenvalue weighted by atomic mass is 10.1. The molecule has 0 amide bonds. The molecule has 216 valence electrons. The van der Waals surface area contributed by atoms with Gasteiger partial charge < -0.3 is 23.9 Å². The second-order valence-corrected chi connectivity index (χ2v) is 9.94. The van der Waals surface area contributed by atoms with Crippen molar-refractivity contribution in [2.24, 2.45) is 0 Å². The van der Waals surface area contributed by atoms with Crippen LogP contribution in [0.2, 0.25) is 0 Å². The molecule has 11 nitrogen and oxygen atoms in total. The molecule has 1 saturated heterocycles. The first kappa shape index (κ1) is 27.9. The standard InChI is InChI=1S/C31H24N4O7S/c36-29(19-10-4-1-5-11-19)39-16-22-24(41-30(37)20-12-6-2-7-13-20)25(42-31(38)21-14-8-3-9-15-21)28(40-22)35-18-34-23-26(35)32-17-33-27(23)43/h1-15,17-18,22,24-25,28H,16H2,(H,32,33,43)/t22-,24+,25+,28-/m0/s1. The first-order valence-electron chi connectivity index (χ1n) is 13.3. The predicted molar refractivity (Wildman–Crippen MR) is 155 cm³/mol. The van der Waals surface area contributed by atoms with Gasteiger partial charge in [-0.3, -0.25) is 4.57 Å². The van der Waals surface area contributed by atoms with Crippen LogP contribution in [0, 0.1) is 4.64 Å². The normalized spacial score (nSPS) is 19.5. The maximum absolute atomic E-state index is 13.3. The minimum atomic E-state index is -1.19. The number of carbonyl (C=O) groups excluding carboxylic acids is 3. The Morgan fingerprint density at radius 1 is 0.767 bits per heavy atom. The smallest absolute Gasteiger partial charge is 0.338 e. The van der Waals surface area contributed by atoms with E-state index in [1.54, 1.807) is 95.6 Å². The number of nitrogens with one attached hydrogen (secondary N) is 1. The number of esters is 3. The average molecular weight is 597 g/mol. The molecule has 3 aromatic carbocycles. The van der Waals surface area contributed by atoms with Gasteiger partial charge in [-0.2, -0.15) is 0 Å². The van der Waals surface area contributed by atoms with E-state index in [0.717, 1.165) is 0 Å².